The molecule has 1 aromatic heterocycles. The van der Waals surface area contributed by atoms with Crippen molar-refractivity contribution in [3.05, 3.63) is 76.1 Å². The van der Waals surface area contributed by atoms with Crippen molar-refractivity contribution in [1.82, 2.24) is 9.88 Å². The van der Waals surface area contributed by atoms with E-state index in [0.29, 0.717) is 48.8 Å². The Hall–Kier alpha value is -3.49. The Bertz CT molecular complexity index is 1690. The van der Waals surface area contributed by atoms with Crippen molar-refractivity contribution in [2.75, 3.05) is 39.2 Å². The van der Waals surface area contributed by atoms with Crippen LogP contribution < -0.4 is 19.5 Å². The number of likely N-dealkylation sites (N-methyl/N-ethyl adjacent to an activating group) is 1. The van der Waals surface area contributed by atoms with Crippen molar-refractivity contribution in [3.8, 4) is 17.2 Å². The summed E-state index contributed by atoms with van der Waals surface area (Å²) in [6.07, 6.45) is 9.69. The molecule has 0 amide bonds. The van der Waals surface area contributed by atoms with Crippen LogP contribution in [0.1, 0.15) is 87.1 Å². The molecule has 4 atom stereocenters. The number of halogens is 1. The molecule has 1 spiro atoms. The van der Waals surface area contributed by atoms with Gasteiger partial charge in [-0.05, 0) is 143 Å². The number of ether oxygens (including phenoxy) is 3. The minimum Gasteiger partial charge on any atom is -0.493 e. The molecule has 0 radical (unpaired) electrons. The van der Waals surface area contributed by atoms with E-state index in [0.717, 1.165) is 61.6 Å². The van der Waals surface area contributed by atoms with Crippen molar-refractivity contribution in [1.29, 1.82) is 0 Å². The summed E-state index contributed by atoms with van der Waals surface area (Å²) in [6.45, 7) is 6.51. The van der Waals surface area contributed by atoms with Crippen molar-refractivity contribution < 1.29 is 24.1 Å². The van der Waals surface area contributed by atoms with E-state index in [1.54, 1.807) is 12.1 Å². The van der Waals surface area contributed by atoms with Gasteiger partial charge < -0.3 is 29.5 Å². The van der Waals surface area contributed by atoms with E-state index in [2.05, 4.69) is 41.2 Å². The average Bonchev–Trinajstić information content (AvgIpc) is 3.34. The Morgan fingerprint density at radius 2 is 1.98 bits per heavy atom. The van der Waals surface area contributed by atoms with Crippen molar-refractivity contribution in [3.63, 3.8) is 0 Å². The number of hydrogen-bond acceptors (Lipinski definition) is 7. The monoisotopic (exact) mass is 687 g/mol. The van der Waals surface area contributed by atoms with Gasteiger partial charge in [-0.3, -0.25) is 4.98 Å². The maximum Gasteiger partial charge on any atom is 0.329 e. The number of benzene rings is 2. The van der Waals surface area contributed by atoms with Crippen LogP contribution in [0.2, 0.25) is 5.02 Å². The first-order valence-electron chi connectivity index (χ1n) is 18.0. The van der Waals surface area contributed by atoms with Gasteiger partial charge in [-0.15, -0.1) is 0 Å². The second-order valence-corrected chi connectivity index (χ2v) is 15.9. The van der Waals surface area contributed by atoms with E-state index in [4.69, 9.17) is 25.8 Å². The fraction of sp³-hybridized carbons (Fsp3) is 0.550. The van der Waals surface area contributed by atoms with Crippen LogP contribution in [-0.2, 0) is 23.1 Å². The number of aryl methyl sites for hydroxylation is 1. The molecule has 8 nitrogen and oxygen atoms in total. The Labute approximate surface area is 295 Å². The number of carboxylic acids is 1. The molecular weight excluding hydrogens is 638 g/mol. The number of rotatable bonds is 10. The van der Waals surface area contributed by atoms with Crippen LogP contribution in [0.15, 0.2) is 48.7 Å². The van der Waals surface area contributed by atoms with Crippen LogP contribution in [-0.4, -0.2) is 66.5 Å². The number of nitrogens with one attached hydrogen (secondary N) is 1. The summed E-state index contributed by atoms with van der Waals surface area (Å²) in [4.78, 5) is 19.8. The number of hydrogen-bond donors (Lipinski definition) is 2. The van der Waals surface area contributed by atoms with Crippen LogP contribution >= 0.6 is 11.6 Å². The maximum atomic E-state index is 13.0. The first kappa shape index (κ1) is 34.0. The van der Waals surface area contributed by atoms with Crippen LogP contribution in [0.25, 0.3) is 0 Å². The molecule has 4 aliphatic rings. The summed E-state index contributed by atoms with van der Waals surface area (Å²) >= 11 is 6.28. The number of nitrogens with zero attached hydrogens (tertiary/aromatic N) is 2. The standard InChI is InChI=1S/C40H50ClN3O5/c1-25(23-47-34-11-16-42-33-10-5-7-26(2)37(33)34)17-28-18-27-19-36-35(48-24-31(49-36)22-44(3)4)21-32(27)39(28)12-14-40(15-13-39,38(45)46)43-30-9-6-8-29(41)20-30/h6,8-9,11,16,19-21,25-26,28,31,43H,5,7,10,12-15,17-18,22-24H2,1-4H3,(H,45,46)/t25-,26-,28?,31?,39?,40?/m1/s1. The molecule has 2 heterocycles. The lowest BCUT2D eigenvalue weighted by Crippen LogP contribution is -2.53. The van der Waals surface area contributed by atoms with Crippen molar-refractivity contribution in [2.45, 2.75) is 94.6 Å². The Balaban J connectivity index is 1.15. The molecule has 0 bridgehead atoms. The highest BCUT2D eigenvalue weighted by Gasteiger charge is 2.54. The number of anilines is 1. The molecule has 49 heavy (non-hydrogen) atoms. The van der Waals surface area contributed by atoms with Crippen molar-refractivity contribution >= 4 is 23.3 Å². The predicted octanol–water partition coefficient (Wildman–Crippen LogP) is 7.90. The minimum atomic E-state index is -1.07. The third kappa shape index (κ3) is 6.71. The maximum absolute atomic E-state index is 13.0. The summed E-state index contributed by atoms with van der Waals surface area (Å²) in [5.74, 6) is 2.89. The van der Waals surface area contributed by atoms with Gasteiger partial charge in [-0.2, -0.15) is 0 Å². The lowest BCUT2D eigenvalue weighted by Gasteiger charge is -2.47. The molecule has 262 valence electrons. The Morgan fingerprint density at radius 3 is 2.73 bits per heavy atom. The molecule has 9 heteroatoms. The molecule has 3 aliphatic carbocycles. The summed E-state index contributed by atoms with van der Waals surface area (Å²) in [5.41, 5.74) is 4.58. The first-order chi connectivity index (χ1) is 23.5. The largest absolute Gasteiger partial charge is 0.493 e. The average molecular weight is 688 g/mol. The zero-order valence-electron chi connectivity index (χ0n) is 29.3. The smallest absolute Gasteiger partial charge is 0.329 e. The molecule has 2 unspecified atom stereocenters. The van der Waals surface area contributed by atoms with Gasteiger partial charge in [0.2, 0.25) is 0 Å². The minimum absolute atomic E-state index is 0.0195. The van der Waals surface area contributed by atoms with Gasteiger partial charge in [0.25, 0.3) is 0 Å². The number of aliphatic carboxylic acids is 1. The van der Waals surface area contributed by atoms with Crippen LogP contribution in [0.5, 0.6) is 17.2 Å². The van der Waals surface area contributed by atoms with Gasteiger partial charge in [-0.25, -0.2) is 4.79 Å². The normalized spacial score (nSPS) is 27.8. The second-order valence-electron chi connectivity index (χ2n) is 15.5. The molecular formula is C40H50ClN3O5. The van der Waals surface area contributed by atoms with Gasteiger partial charge in [0.05, 0.1) is 6.61 Å². The number of carboxylic acid groups (broad SMARTS) is 1. The van der Waals surface area contributed by atoms with Gasteiger partial charge in [0.1, 0.15) is 24.0 Å². The lowest BCUT2D eigenvalue weighted by molar-refractivity contribution is -0.144. The fourth-order valence-electron chi connectivity index (χ4n) is 9.21. The highest BCUT2D eigenvalue weighted by atomic mass is 35.5. The Kier molecular flexibility index (Phi) is 9.48. The van der Waals surface area contributed by atoms with E-state index < -0.39 is 11.5 Å². The highest BCUT2D eigenvalue weighted by Crippen LogP contribution is 2.58. The quantitative estimate of drug-likeness (QED) is 0.222. The number of fused-ring (bicyclic) bond motifs is 4. The zero-order valence-corrected chi connectivity index (χ0v) is 30.0. The molecule has 7 rings (SSSR count). The molecule has 2 N–H and O–H groups in total. The first-order valence-corrected chi connectivity index (χ1v) is 18.4. The van der Waals surface area contributed by atoms with Crippen LogP contribution in [0, 0.1) is 11.8 Å². The summed E-state index contributed by atoms with van der Waals surface area (Å²) in [6, 6.07) is 13.8. The van der Waals surface area contributed by atoms with E-state index >= 15 is 0 Å². The molecule has 1 fully saturated rings. The number of carbonyl (C=O) groups is 1. The summed E-state index contributed by atoms with van der Waals surface area (Å²) in [7, 11) is 4.10. The van der Waals surface area contributed by atoms with Gasteiger partial charge >= 0.3 is 5.97 Å². The molecule has 0 saturated heterocycles. The van der Waals surface area contributed by atoms with Crippen LogP contribution in [0.4, 0.5) is 5.69 Å². The van der Waals surface area contributed by atoms with Crippen molar-refractivity contribution in [2.24, 2.45) is 11.8 Å². The number of pyridine rings is 1. The third-order valence-electron chi connectivity index (χ3n) is 11.6. The van der Waals surface area contributed by atoms with Gasteiger partial charge in [0, 0.05) is 34.7 Å². The predicted molar refractivity (Wildman–Crippen MR) is 193 cm³/mol. The van der Waals surface area contributed by atoms with Crippen LogP contribution in [0.3, 0.4) is 0 Å². The number of aromatic nitrogens is 1. The zero-order chi connectivity index (χ0) is 34.3. The Morgan fingerprint density at radius 1 is 1.16 bits per heavy atom. The van der Waals surface area contributed by atoms with E-state index in [1.165, 1.54) is 35.2 Å². The van der Waals surface area contributed by atoms with E-state index in [-0.39, 0.29) is 11.5 Å². The second kappa shape index (κ2) is 13.7. The SMILES string of the molecule is C[C@@H](COc1ccnc2c1[C@H](C)CCC2)CC1Cc2cc3c(cc2C12CCC(Nc1cccc(Cl)c1)(C(=O)O)CC2)OCC(CN(C)C)O3. The van der Waals surface area contributed by atoms with Gasteiger partial charge in [-0.1, -0.05) is 31.5 Å². The summed E-state index contributed by atoms with van der Waals surface area (Å²) < 4.78 is 19.4. The topological polar surface area (TPSA) is 93.2 Å². The molecule has 1 aliphatic heterocycles. The molecule has 2 aromatic carbocycles. The lowest BCUT2D eigenvalue weighted by atomic mass is 9.59. The highest BCUT2D eigenvalue weighted by molar-refractivity contribution is 6.30. The molecule has 3 aromatic rings. The molecule has 1 saturated carbocycles. The summed E-state index contributed by atoms with van der Waals surface area (Å²) in [5, 5.41) is 14.6. The van der Waals surface area contributed by atoms with E-state index in [1.807, 2.05) is 38.5 Å². The third-order valence-corrected chi connectivity index (χ3v) is 11.9. The van der Waals surface area contributed by atoms with E-state index in [9.17, 15) is 9.90 Å². The fourth-order valence-corrected chi connectivity index (χ4v) is 9.40. The van der Waals surface area contributed by atoms with Gasteiger partial charge in [0.15, 0.2) is 11.5 Å².